The van der Waals surface area contributed by atoms with Crippen molar-refractivity contribution < 1.29 is 18.3 Å². The fraction of sp³-hybridized carbons (Fsp3) is 0.571. The summed E-state index contributed by atoms with van der Waals surface area (Å²) < 4.78 is 32.6. The minimum atomic E-state index is -1.23. The number of hydrogen-bond donors (Lipinski definition) is 0. The molecule has 2 heterocycles. The molecule has 0 N–H and O–H groups in total. The van der Waals surface area contributed by atoms with E-state index in [0.717, 1.165) is 31.9 Å². The van der Waals surface area contributed by atoms with Crippen LogP contribution in [0.15, 0.2) is 12.3 Å². The van der Waals surface area contributed by atoms with E-state index in [-0.39, 0.29) is 17.7 Å². The Bertz CT molecular complexity index is 522. The minimum absolute atomic E-state index is 0.0243. The summed E-state index contributed by atoms with van der Waals surface area (Å²) in [6.07, 6.45) is 5.02. The Kier molecular flexibility index (Phi) is 3.65. The Labute approximate surface area is 115 Å². The number of fused-ring (bicyclic) bond motifs is 1. The highest BCUT2D eigenvalue weighted by Gasteiger charge is 2.37. The highest BCUT2D eigenvalue weighted by molar-refractivity contribution is 5.94. The molecule has 4 nitrogen and oxygen atoms in total. The van der Waals surface area contributed by atoms with Gasteiger partial charge in [-0.3, -0.25) is 4.79 Å². The van der Waals surface area contributed by atoms with Gasteiger partial charge in [0, 0.05) is 12.7 Å². The average molecular weight is 282 g/mol. The molecule has 1 amide bonds. The maximum atomic E-state index is 13.7. The molecule has 108 valence electrons. The van der Waals surface area contributed by atoms with Crippen LogP contribution in [-0.4, -0.2) is 41.1 Å². The van der Waals surface area contributed by atoms with E-state index in [1.54, 1.807) is 4.90 Å². The summed E-state index contributed by atoms with van der Waals surface area (Å²) in [5, 5.41) is 0. The second-order valence-electron chi connectivity index (χ2n) is 5.22. The smallest absolute Gasteiger partial charge is 0.257 e. The van der Waals surface area contributed by atoms with Gasteiger partial charge in [0.15, 0.2) is 5.82 Å². The van der Waals surface area contributed by atoms with Gasteiger partial charge in [0.2, 0.25) is 5.95 Å². The largest absolute Gasteiger partial charge is 0.374 e. The van der Waals surface area contributed by atoms with E-state index in [4.69, 9.17) is 4.74 Å². The molecule has 1 aliphatic carbocycles. The van der Waals surface area contributed by atoms with E-state index in [1.165, 1.54) is 6.07 Å². The molecule has 0 aromatic carbocycles. The molecule has 20 heavy (non-hydrogen) atoms. The molecule has 2 aliphatic rings. The van der Waals surface area contributed by atoms with Gasteiger partial charge in [-0.05, 0) is 18.9 Å². The Balaban J connectivity index is 1.87. The SMILES string of the molecule is O=C(c1ccnc(F)c1F)N1CCOC2CCCCC21. The first-order valence-electron chi connectivity index (χ1n) is 6.91. The first-order chi connectivity index (χ1) is 9.68. The Morgan fingerprint density at radius 2 is 2.15 bits per heavy atom. The number of pyridine rings is 1. The van der Waals surface area contributed by atoms with Gasteiger partial charge in [-0.2, -0.15) is 4.39 Å². The van der Waals surface area contributed by atoms with E-state index in [9.17, 15) is 13.6 Å². The predicted octanol–water partition coefficient (Wildman–Crippen LogP) is 2.14. The highest BCUT2D eigenvalue weighted by Crippen LogP contribution is 2.29. The summed E-state index contributed by atoms with van der Waals surface area (Å²) in [6.45, 7) is 0.867. The molecular weight excluding hydrogens is 266 g/mol. The number of morpholine rings is 1. The summed E-state index contributed by atoms with van der Waals surface area (Å²) in [5.41, 5.74) is -0.247. The van der Waals surface area contributed by atoms with Gasteiger partial charge in [-0.25, -0.2) is 9.37 Å². The molecule has 1 saturated heterocycles. The quantitative estimate of drug-likeness (QED) is 0.741. The lowest BCUT2D eigenvalue weighted by Crippen LogP contribution is -2.55. The van der Waals surface area contributed by atoms with Crippen molar-refractivity contribution in [3.63, 3.8) is 0 Å². The summed E-state index contributed by atoms with van der Waals surface area (Å²) in [6, 6.07) is 1.20. The van der Waals surface area contributed by atoms with Crippen LogP contribution in [0.4, 0.5) is 8.78 Å². The van der Waals surface area contributed by atoms with E-state index < -0.39 is 17.7 Å². The third-order valence-electron chi connectivity index (χ3n) is 4.07. The molecule has 0 spiro atoms. The second-order valence-corrected chi connectivity index (χ2v) is 5.22. The monoisotopic (exact) mass is 282 g/mol. The summed E-state index contributed by atoms with van der Waals surface area (Å²) >= 11 is 0. The lowest BCUT2D eigenvalue weighted by Gasteiger charge is -2.43. The van der Waals surface area contributed by atoms with Crippen LogP contribution < -0.4 is 0 Å². The fourth-order valence-electron chi connectivity index (χ4n) is 3.09. The number of carbonyl (C=O) groups is 1. The van der Waals surface area contributed by atoms with Crippen molar-refractivity contribution in [2.24, 2.45) is 0 Å². The fourth-order valence-corrected chi connectivity index (χ4v) is 3.09. The molecule has 2 unspecified atom stereocenters. The zero-order valence-corrected chi connectivity index (χ0v) is 11.0. The van der Waals surface area contributed by atoms with Crippen molar-refractivity contribution in [2.45, 2.75) is 37.8 Å². The van der Waals surface area contributed by atoms with Crippen molar-refractivity contribution in [3.8, 4) is 0 Å². The van der Waals surface area contributed by atoms with Crippen molar-refractivity contribution in [2.75, 3.05) is 13.2 Å². The van der Waals surface area contributed by atoms with Crippen LogP contribution in [0.25, 0.3) is 0 Å². The number of hydrogen-bond acceptors (Lipinski definition) is 3. The van der Waals surface area contributed by atoms with Crippen molar-refractivity contribution in [1.82, 2.24) is 9.88 Å². The van der Waals surface area contributed by atoms with Gasteiger partial charge in [0.05, 0.1) is 24.3 Å². The molecule has 2 fully saturated rings. The molecular formula is C14H16F2N2O2. The topological polar surface area (TPSA) is 42.4 Å². The first-order valence-corrected chi connectivity index (χ1v) is 6.91. The Morgan fingerprint density at radius 3 is 3.00 bits per heavy atom. The number of amides is 1. The van der Waals surface area contributed by atoms with Crippen LogP contribution in [0.1, 0.15) is 36.0 Å². The zero-order valence-electron chi connectivity index (χ0n) is 11.0. The number of aromatic nitrogens is 1. The van der Waals surface area contributed by atoms with Crippen LogP contribution in [-0.2, 0) is 4.74 Å². The summed E-state index contributed by atoms with van der Waals surface area (Å²) in [7, 11) is 0. The van der Waals surface area contributed by atoms with Crippen LogP contribution >= 0.6 is 0 Å². The average Bonchev–Trinajstić information content (AvgIpc) is 2.49. The molecule has 1 aromatic rings. The van der Waals surface area contributed by atoms with Crippen molar-refractivity contribution in [3.05, 3.63) is 29.6 Å². The van der Waals surface area contributed by atoms with Gasteiger partial charge in [0.25, 0.3) is 5.91 Å². The lowest BCUT2D eigenvalue weighted by molar-refractivity contribution is -0.0754. The van der Waals surface area contributed by atoms with E-state index in [1.807, 2.05) is 0 Å². The molecule has 0 bridgehead atoms. The second kappa shape index (κ2) is 5.44. The van der Waals surface area contributed by atoms with Gasteiger partial charge >= 0.3 is 0 Å². The number of nitrogens with zero attached hydrogens (tertiary/aromatic N) is 2. The predicted molar refractivity (Wildman–Crippen MR) is 67.2 cm³/mol. The normalized spacial score (nSPS) is 26.2. The van der Waals surface area contributed by atoms with Crippen LogP contribution in [0.2, 0.25) is 0 Å². The zero-order chi connectivity index (χ0) is 14.1. The molecule has 1 aromatic heterocycles. The minimum Gasteiger partial charge on any atom is -0.374 e. The molecule has 3 rings (SSSR count). The Morgan fingerprint density at radius 1 is 1.35 bits per heavy atom. The first kappa shape index (κ1) is 13.4. The van der Waals surface area contributed by atoms with Gasteiger partial charge in [0.1, 0.15) is 0 Å². The molecule has 2 atom stereocenters. The molecule has 0 radical (unpaired) electrons. The third kappa shape index (κ3) is 2.28. The third-order valence-corrected chi connectivity index (χ3v) is 4.07. The maximum Gasteiger partial charge on any atom is 0.257 e. The molecule has 1 aliphatic heterocycles. The highest BCUT2D eigenvalue weighted by atomic mass is 19.2. The Hall–Kier alpha value is -1.56. The van der Waals surface area contributed by atoms with E-state index in [0.29, 0.717) is 13.2 Å². The van der Waals surface area contributed by atoms with Crippen molar-refractivity contribution >= 4 is 5.91 Å². The van der Waals surface area contributed by atoms with E-state index >= 15 is 0 Å². The van der Waals surface area contributed by atoms with Gasteiger partial charge < -0.3 is 9.64 Å². The van der Waals surface area contributed by atoms with Crippen molar-refractivity contribution in [1.29, 1.82) is 0 Å². The van der Waals surface area contributed by atoms with Crippen LogP contribution in [0, 0.1) is 11.8 Å². The summed E-state index contributed by atoms with van der Waals surface area (Å²) in [5.74, 6) is -2.87. The van der Waals surface area contributed by atoms with Gasteiger partial charge in [-0.15, -0.1) is 0 Å². The number of ether oxygens (including phenoxy) is 1. The van der Waals surface area contributed by atoms with Gasteiger partial charge in [-0.1, -0.05) is 12.8 Å². The van der Waals surface area contributed by atoms with E-state index in [2.05, 4.69) is 4.98 Å². The number of rotatable bonds is 1. The lowest BCUT2D eigenvalue weighted by atomic mass is 9.89. The standard InChI is InChI=1S/C14H16F2N2O2/c15-12-9(5-6-17-13(12)16)14(19)18-7-8-20-11-4-2-1-3-10(11)18/h5-6,10-11H,1-4,7-8H2. The van der Waals surface area contributed by atoms with Crippen LogP contribution in [0.3, 0.4) is 0 Å². The molecule has 1 saturated carbocycles. The molecule has 6 heteroatoms. The maximum absolute atomic E-state index is 13.7. The number of halogens is 2. The number of carbonyl (C=O) groups excluding carboxylic acids is 1. The summed E-state index contributed by atoms with van der Waals surface area (Å²) in [4.78, 5) is 17.3. The van der Waals surface area contributed by atoms with Crippen LogP contribution in [0.5, 0.6) is 0 Å².